The third-order valence-electron chi connectivity index (χ3n) is 5.48. The molecule has 174 valence electrons. The number of aromatic nitrogens is 1. The monoisotopic (exact) mass is 466 g/mol. The minimum absolute atomic E-state index is 0.00597. The number of carbonyl (C=O) groups excluding carboxylic acids is 1. The highest BCUT2D eigenvalue weighted by Gasteiger charge is 2.12. The minimum Gasteiger partial charge on any atom is -0.488 e. The molecule has 0 atom stereocenters. The fourth-order valence-corrected chi connectivity index (χ4v) is 3.65. The summed E-state index contributed by atoms with van der Waals surface area (Å²) in [7, 11) is 0. The summed E-state index contributed by atoms with van der Waals surface area (Å²) in [5.41, 5.74) is 3.44. The van der Waals surface area contributed by atoms with Crippen molar-refractivity contribution in [2.24, 2.45) is 0 Å². The molecule has 0 unspecified atom stereocenters. The summed E-state index contributed by atoms with van der Waals surface area (Å²) in [5.74, 6) is 0.0303. The van der Waals surface area contributed by atoms with Gasteiger partial charge in [-0.2, -0.15) is 5.26 Å². The second kappa shape index (κ2) is 10.8. The van der Waals surface area contributed by atoms with Crippen LogP contribution in [0.2, 0.25) is 0 Å². The molecule has 4 rings (SSSR count). The zero-order valence-electron chi connectivity index (χ0n) is 18.7. The van der Waals surface area contributed by atoms with E-state index >= 15 is 0 Å². The van der Waals surface area contributed by atoms with Crippen LogP contribution in [0.4, 0.5) is 5.69 Å². The molecule has 0 spiro atoms. The van der Waals surface area contributed by atoms with E-state index in [0.717, 1.165) is 22.0 Å². The molecule has 3 aromatic carbocycles. The van der Waals surface area contributed by atoms with E-state index in [2.05, 4.69) is 10.3 Å². The second-order valence-corrected chi connectivity index (χ2v) is 7.79. The van der Waals surface area contributed by atoms with Gasteiger partial charge in [0.15, 0.2) is 0 Å². The minimum atomic E-state index is -0.461. The van der Waals surface area contributed by atoms with Crippen LogP contribution in [0.25, 0.3) is 17.0 Å². The summed E-state index contributed by atoms with van der Waals surface area (Å²) in [4.78, 5) is 26.2. The molecule has 2 N–H and O–H groups in total. The molecule has 35 heavy (non-hydrogen) atoms. The predicted octanol–water partition coefficient (Wildman–Crippen LogP) is 4.92. The Kier molecular flexibility index (Phi) is 7.19. The van der Waals surface area contributed by atoms with Gasteiger partial charge in [0.05, 0.1) is 4.92 Å². The molecule has 1 heterocycles. The summed E-state index contributed by atoms with van der Waals surface area (Å²) in [6, 6.07) is 23.1. The van der Waals surface area contributed by atoms with Gasteiger partial charge in [0.2, 0.25) is 0 Å². The largest absolute Gasteiger partial charge is 0.488 e. The Balaban J connectivity index is 1.40. The Labute approximate surface area is 201 Å². The maximum atomic E-state index is 12.6. The molecule has 0 fully saturated rings. The Morgan fingerprint density at radius 1 is 1.09 bits per heavy atom. The molecule has 0 bridgehead atoms. The number of H-pyrrole nitrogens is 1. The second-order valence-electron chi connectivity index (χ2n) is 7.79. The number of nitro groups is 1. The van der Waals surface area contributed by atoms with Gasteiger partial charge in [0, 0.05) is 41.3 Å². The van der Waals surface area contributed by atoms with Gasteiger partial charge < -0.3 is 15.0 Å². The van der Waals surface area contributed by atoms with Crippen molar-refractivity contribution in [3.8, 4) is 11.8 Å². The van der Waals surface area contributed by atoms with Crippen LogP contribution < -0.4 is 10.1 Å². The highest BCUT2D eigenvalue weighted by molar-refractivity contribution is 6.02. The number of ether oxygens (including phenoxy) is 1. The number of amides is 1. The Morgan fingerprint density at radius 3 is 2.60 bits per heavy atom. The number of nitro benzene ring substituents is 1. The summed E-state index contributed by atoms with van der Waals surface area (Å²) >= 11 is 0. The van der Waals surface area contributed by atoms with Gasteiger partial charge in [-0.15, -0.1) is 0 Å². The van der Waals surface area contributed by atoms with Crippen molar-refractivity contribution in [1.29, 1.82) is 5.26 Å². The van der Waals surface area contributed by atoms with Crippen LogP contribution in [0.1, 0.15) is 16.7 Å². The fourth-order valence-electron chi connectivity index (χ4n) is 3.65. The van der Waals surface area contributed by atoms with Crippen molar-refractivity contribution >= 4 is 28.6 Å². The lowest BCUT2D eigenvalue weighted by Gasteiger charge is -2.10. The highest BCUT2D eigenvalue weighted by atomic mass is 16.6. The third kappa shape index (κ3) is 5.72. The molecule has 0 aliphatic carbocycles. The molecular formula is C27H22N4O4. The first kappa shape index (κ1) is 23.3. The van der Waals surface area contributed by atoms with E-state index in [4.69, 9.17) is 4.74 Å². The van der Waals surface area contributed by atoms with E-state index in [0.29, 0.717) is 24.3 Å². The van der Waals surface area contributed by atoms with Gasteiger partial charge in [0.1, 0.15) is 24.0 Å². The summed E-state index contributed by atoms with van der Waals surface area (Å²) in [6.07, 6.45) is 4.05. The number of hydrogen-bond donors (Lipinski definition) is 2. The Morgan fingerprint density at radius 2 is 1.83 bits per heavy atom. The van der Waals surface area contributed by atoms with Crippen LogP contribution in [-0.2, 0) is 17.8 Å². The Hall–Kier alpha value is -4.90. The fraction of sp³-hybridized carbons (Fsp3) is 0.111. The first-order valence-electron chi connectivity index (χ1n) is 11.0. The van der Waals surface area contributed by atoms with Gasteiger partial charge in [-0.05, 0) is 47.9 Å². The van der Waals surface area contributed by atoms with Crippen molar-refractivity contribution in [1.82, 2.24) is 10.3 Å². The topological polar surface area (TPSA) is 121 Å². The zero-order valence-corrected chi connectivity index (χ0v) is 18.7. The molecule has 0 radical (unpaired) electrons. The van der Waals surface area contributed by atoms with Crippen molar-refractivity contribution in [2.75, 3.05) is 6.54 Å². The number of carbonyl (C=O) groups is 1. The van der Waals surface area contributed by atoms with Gasteiger partial charge in [-0.1, -0.05) is 36.4 Å². The summed E-state index contributed by atoms with van der Waals surface area (Å²) in [6.45, 7) is 0.569. The number of nitrogens with one attached hydrogen (secondary N) is 2. The van der Waals surface area contributed by atoms with Crippen LogP contribution in [0, 0.1) is 21.4 Å². The number of nitriles is 1. The van der Waals surface area contributed by atoms with E-state index in [1.54, 1.807) is 36.4 Å². The van der Waals surface area contributed by atoms with Gasteiger partial charge in [-0.3, -0.25) is 14.9 Å². The van der Waals surface area contributed by atoms with Gasteiger partial charge in [-0.25, -0.2) is 0 Å². The highest BCUT2D eigenvalue weighted by Crippen LogP contribution is 2.23. The first-order valence-corrected chi connectivity index (χ1v) is 11.0. The molecule has 0 aliphatic heterocycles. The number of rotatable bonds is 9. The Bertz CT molecular complexity index is 1430. The molecule has 0 saturated heterocycles. The maximum Gasteiger partial charge on any atom is 0.269 e. The molecule has 8 nitrogen and oxygen atoms in total. The van der Waals surface area contributed by atoms with E-state index in [9.17, 15) is 20.2 Å². The number of fused-ring (bicyclic) bond motifs is 1. The maximum absolute atomic E-state index is 12.6. The van der Waals surface area contributed by atoms with Gasteiger partial charge in [0.25, 0.3) is 11.6 Å². The molecular weight excluding hydrogens is 444 g/mol. The normalized spacial score (nSPS) is 11.1. The van der Waals surface area contributed by atoms with Crippen molar-refractivity contribution in [3.63, 3.8) is 0 Å². The first-order chi connectivity index (χ1) is 17.0. The van der Waals surface area contributed by atoms with E-state index < -0.39 is 10.8 Å². The number of benzene rings is 3. The van der Waals surface area contributed by atoms with Crippen LogP contribution in [0.15, 0.2) is 84.6 Å². The molecule has 1 aromatic heterocycles. The van der Waals surface area contributed by atoms with Crippen LogP contribution in [0.5, 0.6) is 5.75 Å². The average molecular weight is 466 g/mol. The standard InChI is InChI=1S/C27H22N4O4/c28-16-22(27(32)29-14-13-21-17-30-25-7-3-2-6-24(21)25)15-20-5-1-4-8-26(20)35-18-19-9-11-23(12-10-19)31(33)34/h1-12,15,17,30H,13-14,18H2,(H,29,32)/b22-15+. The lowest BCUT2D eigenvalue weighted by Crippen LogP contribution is -2.26. The molecule has 0 saturated carbocycles. The van der Waals surface area contributed by atoms with Crippen LogP contribution in [0.3, 0.4) is 0 Å². The lowest BCUT2D eigenvalue weighted by atomic mass is 10.1. The van der Waals surface area contributed by atoms with Crippen molar-refractivity contribution < 1.29 is 14.5 Å². The smallest absolute Gasteiger partial charge is 0.269 e. The SMILES string of the molecule is N#C/C(=C\c1ccccc1OCc1ccc([N+](=O)[O-])cc1)C(=O)NCCc1c[nH]c2ccccc12. The van der Waals surface area contributed by atoms with Gasteiger partial charge >= 0.3 is 0 Å². The van der Waals surface area contributed by atoms with Crippen molar-refractivity contribution in [2.45, 2.75) is 13.0 Å². The van der Waals surface area contributed by atoms with E-state index in [-0.39, 0.29) is 17.9 Å². The van der Waals surface area contributed by atoms with E-state index in [1.807, 2.05) is 36.5 Å². The summed E-state index contributed by atoms with van der Waals surface area (Å²) in [5, 5.41) is 24.3. The quantitative estimate of drug-likeness (QED) is 0.157. The number of aromatic amines is 1. The molecule has 0 aliphatic rings. The number of non-ortho nitro benzene ring substituents is 1. The van der Waals surface area contributed by atoms with Crippen LogP contribution in [-0.4, -0.2) is 22.4 Å². The molecule has 4 aromatic rings. The number of hydrogen-bond acceptors (Lipinski definition) is 5. The zero-order chi connectivity index (χ0) is 24.6. The summed E-state index contributed by atoms with van der Waals surface area (Å²) < 4.78 is 5.86. The van der Waals surface area contributed by atoms with Crippen LogP contribution >= 0.6 is 0 Å². The van der Waals surface area contributed by atoms with Crippen molar-refractivity contribution in [3.05, 3.63) is 111 Å². The third-order valence-corrected chi connectivity index (χ3v) is 5.48. The molecule has 1 amide bonds. The lowest BCUT2D eigenvalue weighted by molar-refractivity contribution is -0.384. The van der Waals surface area contributed by atoms with E-state index in [1.165, 1.54) is 18.2 Å². The predicted molar refractivity (Wildman–Crippen MR) is 132 cm³/mol. The average Bonchev–Trinajstić information content (AvgIpc) is 3.29. The number of nitrogens with zero attached hydrogens (tertiary/aromatic N) is 2. The molecule has 8 heteroatoms. The number of para-hydroxylation sites is 2.